The van der Waals surface area contributed by atoms with Crippen LogP contribution in [0, 0.1) is 6.92 Å². The van der Waals surface area contributed by atoms with Crippen LogP contribution >= 0.6 is 11.6 Å². The number of nitrogens with zero attached hydrogens (tertiary/aromatic N) is 1. The summed E-state index contributed by atoms with van der Waals surface area (Å²) in [7, 11) is -4.62. The molecule has 0 fully saturated rings. The van der Waals surface area contributed by atoms with E-state index in [2.05, 4.69) is 0 Å². The average molecular weight is 264 g/mol. The Morgan fingerprint density at radius 2 is 2.12 bits per heavy atom. The summed E-state index contributed by atoms with van der Waals surface area (Å²) in [5.41, 5.74) is 2.74. The summed E-state index contributed by atoms with van der Waals surface area (Å²) in [5, 5.41) is 0.503. The zero-order chi connectivity index (χ0) is 11.9. The quantitative estimate of drug-likeness (QED) is 0.729. The van der Waals surface area contributed by atoms with Crippen LogP contribution in [0.5, 0.6) is 0 Å². The average Bonchev–Trinajstić information content (AvgIpc) is 2.15. The van der Waals surface area contributed by atoms with E-state index in [1.165, 1.54) is 0 Å². The van der Waals surface area contributed by atoms with Gasteiger partial charge in [-0.2, -0.15) is 12.7 Å². The Kier molecular flexibility index (Phi) is 2.94. The first-order chi connectivity index (χ1) is 7.38. The van der Waals surface area contributed by atoms with Gasteiger partial charge in [0.15, 0.2) is 0 Å². The van der Waals surface area contributed by atoms with Gasteiger partial charge in [0, 0.05) is 18.1 Å². The number of hydrogen-bond donors (Lipinski definition) is 0. The van der Waals surface area contributed by atoms with Gasteiger partial charge in [-0.15, -0.1) is 0 Å². The van der Waals surface area contributed by atoms with Gasteiger partial charge in [-0.3, -0.25) is 0 Å². The maximum atomic E-state index is 12.8. The number of rotatable bonds is 1. The van der Waals surface area contributed by atoms with Gasteiger partial charge in [-0.1, -0.05) is 21.6 Å². The van der Waals surface area contributed by atoms with Crippen LogP contribution in [-0.4, -0.2) is 19.3 Å². The summed E-state index contributed by atoms with van der Waals surface area (Å²) >= 11 is 6.02. The van der Waals surface area contributed by atoms with Crippen molar-refractivity contribution in [3.05, 3.63) is 33.8 Å². The van der Waals surface area contributed by atoms with Crippen LogP contribution in [0.4, 0.5) is 3.89 Å². The van der Waals surface area contributed by atoms with Crippen LogP contribution in [-0.2, 0) is 23.4 Å². The van der Waals surface area contributed by atoms with Crippen LogP contribution in [0.15, 0.2) is 12.1 Å². The summed E-state index contributed by atoms with van der Waals surface area (Å²) in [6, 6.07) is 3.72. The highest BCUT2D eigenvalue weighted by atomic mass is 35.5. The van der Waals surface area contributed by atoms with E-state index in [0.717, 1.165) is 15.4 Å². The van der Waals surface area contributed by atoms with Gasteiger partial charge in [0.05, 0.1) is 0 Å². The van der Waals surface area contributed by atoms with E-state index in [1.54, 1.807) is 6.07 Å². The summed E-state index contributed by atoms with van der Waals surface area (Å²) in [6.07, 6.45) is 0.500. The predicted octanol–water partition coefficient (Wildman–Crippen LogP) is 2.22. The maximum absolute atomic E-state index is 12.8. The fraction of sp³-hybridized carbons (Fsp3) is 0.400. The van der Waals surface area contributed by atoms with Gasteiger partial charge >= 0.3 is 10.4 Å². The van der Waals surface area contributed by atoms with Gasteiger partial charge in [0.2, 0.25) is 0 Å². The van der Waals surface area contributed by atoms with Crippen molar-refractivity contribution in [2.24, 2.45) is 0 Å². The molecule has 1 heterocycles. The second-order valence-corrected chi connectivity index (χ2v) is 5.66. The molecule has 0 spiro atoms. The predicted molar refractivity (Wildman–Crippen MR) is 60.3 cm³/mol. The minimum Gasteiger partial charge on any atom is -0.177 e. The van der Waals surface area contributed by atoms with E-state index >= 15 is 0 Å². The Morgan fingerprint density at radius 1 is 1.44 bits per heavy atom. The lowest BCUT2D eigenvalue weighted by molar-refractivity contribution is 0.366. The largest absolute Gasteiger partial charge is 0.375 e. The summed E-state index contributed by atoms with van der Waals surface area (Å²) in [5.74, 6) is 0. The molecule has 0 aromatic heterocycles. The lowest BCUT2D eigenvalue weighted by Crippen LogP contribution is -2.33. The molecule has 0 amide bonds. The van der Waals surface area contributed by atoms with Crippen molar-refractivity contribution in [2.45, 2.75) is 19.9 Å². The summed E-state index contributed by atoms with van der Waals surface area (Å²) in [6.45, 7) is 2.11. The molecule has 0 unspecified atom stereocenters. The molecule has 0 saturated carbocycles. The van der Waals surface area contributed by atoms with Gasteiger partial charge < -0.3 is 0 Å². The monoisotopic (exact) mass is 263 g/mol. The number of fused-ring (bicyclic) bond motifs is 1. The molecule has 2 rings (SSSR count). The van der Waals surface area contributed by atoms with Crippen molar-refractivity contribution in [1.82, 2.24) is 4.31 Å². The van der Waals surface area contributed by atoms with E-state index in [9.17, 15) is 12.3 Å². The second kappa shape index (κ2) is 3.98. The zero-order valence-electron chi connectivity index (χ0n) is 8.70. The van der Waals surface area contributed by atoms with Gasteiger partial charge in [-0.25, -0.2) is 0 Å². The van der Waals surface area contributed by atoms with Crippen LogP contribution in [0.3, 0.4) is 0 Å². The minimum absolute atomic E-state index is 0.0211. The molecule has 88 valence electrons. The Morgan fingerprint density at radius 3 is 2.75 bits per heavy atom. The summed E-state index contributed by atoms with van der Waals surface area (Å²) < 4.78 is 35.2. The van der Waals surface area contributed by atoms with Crippen LogP contribution < -0.4 is 0 Å². The molecule has 0 bridgehead atoms. The normalized spacial score (nSPS) is 17.2. The maximum Gasteiger partial charge on any atom is 0.375 e. The molecule has 0 aliphatic carbocycles. The Hall–Kier alpha value is -0.650. The first-order valence-corrected chi connectivity index (χ1v) is 6.57. The number of benzene rings is 1. The Labute approximate surface area is 99.2 Å². The molecule has 3 nitrogen and oxygen atoms in total. The molecular weight excluding hydrogens is 253 g/mol. The van der Waals surface area contributed by atoms with Crippen molar-refractivity contribution in [1.29, 1.82) is 0 Å². The van der Waals surface area contributed by atoms with E-state index < -0.39 is 10.4 Å². The number of hydrogen-bond acceptors (Lipinski definition) is 2. The van der Waals surface area contributed by atoms with Crippen LogP contribution in [0.1, 0.15) is 16.7 Å². The fourth-order valence-corrected chi connectivity index (χ4v) is 2.88. The molecule has 0 radical (unpaired) electrons. The van der Waals surface area contributed by atoms with Gasteiger partial charge in [-0.05, 0) is 36.1 Å². The lowest BCUT2D eigenvalue weighted by atomic mass is 9.99. The van der Waals surface area contributed by atoms with E-state index in [1.807, 2.05) is 13.0 Å². The highest BCUT2D eigenvalue weighted by Crippen LogP contribution is 2.29. The molecule has 0 N–H and O–H groups in total. The molecule has 16 heavy (non-hydrogen) atoms. The molecule has 0 saturated heterocycles. The highest BCUT2D eigenvalue weighted by Gasteiger charge is 2.27. The van der Waals surface area contributed by atoms with Crippen LogP contribution in [0.2, 0.25) is 5.02 Å². The molecular formula is C10H11ClFNO2S. The van der Waals surface area contributed by atoms with Gasteiger partial charge in [0.25, 0.3) is 0 Å². The second-order valence-electron chi connectivity index (χ2n) is 3.91. The number of halogens is 2. The fourth-order valence-electron chi connectivity index (χ4n) is 1.93. The van der Waals surface area contributed by atoms with E-state index in [-0.39, 0.29) is 13.1 Å². The molecule has 1 aromatic rings. The number of aryl methyl sites for hydroxylation is 1. The molecule has 1 aliphatic rings. The first-order valence-electron chi connectivity index (χ1n) is 4.85. The van der Waals surface area contributed by atoms with Crippen molar-refractivity contribution in [3.8, 4) is 0 Å². The van der Waals surface area contributed by atoms with Crippen LogP contribution in [0.25, 0.3) is 0 Å². The minimum atomic E-state index is -4.62. The smallest absolute Gasteiger partial charge is 0.177 e. The first kappa shape index (κ1) is 11.8. The topological polar surface area (TPSA) is 37.4 Å². The Bertz CT molecular complexity index is 530. The highest BCUT2D eigenvalue weighted by molar-refractivity contribution is 7.83. The molecule has 0 atom stereocenters. The lowest BCUT2D eigenvalue weighted by Gasteiger charge is -2.25. The van der Waals surface area contributed by atoms with E-state index in [0.29, 0.717) is 17.0 Å². The molecule has 6 heteroatoms. The Balaban J connectivity index is 2.41. The van der Waals surface area contributed by atoms with Crippen molar-refractivity contribution < 1.29 is 12.3 Å². The summed E-state index contributed by atoms with van der Waals surface area (Å²) in [4.78, 5) is 0. The van der Waals surface area contributed by atoms with Crippen molar-refractivity contribution in [3.63, 3.8) is 0 Å². The van der Waals surface area contributed by atoms with Crippen molar-refractivity contribution in [2.75, 3.05) is 6.54 Å². The third-order valence-electron chi connectivity index (χ3n) is 2.71. The standard InChI is InChI=1S/C10H11ClFNO2S/c1-7-4-8-2-3-13(16(12,14)15)6-9(8)10(11)5-7/h4-5H,2-3,6H2,1H3. The van der Waals surface area contributed by atoms with Crippen molar-refractivity contribution >= 4 is 22.0 Å². The third-order valence-corrected chi connectivity index (χ3v) is 3.97. The third kappa shape index (κ3) is 2.21. The molecule has 1 aliphatic heterocycles. The zero-order valence-corrected chi connectivity index (χ0v) is 10.3. The molecule has 1 aromatic carbocycles. The SMILES string of the molecule is Cc1cc(Cl)c2c(c1)CCN(S(=O)(=O)F)C2. The van der Waals surface area contributed by atoms with E-state index in [4.69, 9.17) is 11.6 Å². The van der Waals surface area contributed by atoms with Gasteiger partial charge in [0.1, 0.15) is 0 Å².